The maximum Gasteiger partial charge on any atom is 0.377 e. The summed E-state index contributed by atoms with van der Waals surface area (Å²) in [5.74, 6) is -0.517. The molecule has 0 amide bonds. The number of hydrogen-bond acceptors (Lipinski definition) is 6. The number of aromatic nitrogens is 3. The molecule has 0 aliphatic heterocycles. The van der Waals surface area contributed by atoms with Gasteiger partial charge >= 0.3 is 5.97 Å². The van der Waals surface area contributed by atoms with E-state index in [2.05, 4.69) is 30.7 Å². The van der Waals surface area contributed by atoms with E-state index in [9.17, 15) is 4.79 Å². The van der Waals surface area contributed by atoms with Gasteiger partial charge < -0.3 is 10.5 Å². The third kappa shape index (κ3) is 3.08. The molecule has 6 nitrogen and oxygen atoms in total. The highest BCUT2D eigenvalue weighted by Crippen LogP contribution is 2.31. The van der Waals surface area contributed by atoms with Gasteiger partial charge in [-0.3, -0.25) is 0 Å². The van der Waals surface area contributed by atoms with Gasteiger partial charge in [-0.1, -0.05) is 6.92 Å². The quantitative estimate of drug-likeness (QED) is 0.828. The van der Waals surface area contributed by atoms with E-state index in [-0.39, 0.29) is 17.9 Å². The molecular weight excluding hydrogens is 344 g/mol. The SMILES string of the molecule is CCC(N)C(c1ccc(Br)s1)n1cnc(C(=O)OC)n1. The average molecular weight is 359 g/mol. The number of hydrogen-bond donors (Lipinski definition) is 1. The van der Waals surface area contributed by atoms with Crippen LogP contribution in [0.4, 0.5) is 0 Å². The van der Waals surface area contributed by atoms with Gasteiger partial charge in [-0.05, 0) is 34.5 Å². The fourth-order valence-electron chi connectivity index (χ4n) is 1.84. The number of nitrogens with two attached hydrogens (primary N) is 1. The number of thiophene rings is 1. The van der Waals surface area contributed by atoms with Gasteiger partial charge in [0.25, 0.3) is 5.82 Å². The van der Waals surface area contributed by atoms with Gasteiger partial charge in [0.05, 0.1) is 10.9 Å². The van der Waals surface area contributed by atoms with Gasteiger partial charge in [-0.15, -0.1) is 16.4 Å². The van der Waals surface area contributed by atoms with Crippen molar-refractivity contribution in [3.8, 4) is 0 Å². The number of carbonyl (C=O) groups is 1. The molecule has 0 bridgehead atoms. The molecule has 0 aliphatic carbocycles. The third-order valence-electron chi connectivity index (χ3n) is 2.92. The monoisotopic (exact) mass is 358 g/mol. The largest absolute Gasteiger partial charge is 0.463 e. The van der Waals surface area contributed by atoms with Crippen molar-refractivity contribution >= 4 is 33.2 Å². The first-order chi connectivity index (χ1) is 9.56. The Morgan fingerprint density at radius 2 is 2.35 bits per heavy atom. The summed E-state index contributed by atoms with van der Waals surface area (Å²) in [6.45, 7) is 2.01. The van der Waals surface area contributed by atoms with Crippen LogP contribution in [0.2, 0.25) is 0 Å². The minimum absolute atomic E-state index is 0.0384. The number of rotatable bonds is 5. The summed E-state index contributed by atoms with van der Waals surface area (Å²) < 4.78 is 7.26. The number of ether oxygens (including phenoxy) is 1. The molecular formula is C12H15BrN4O2S. The summed E-state index contributed by atoms with van der Waals surface area (Å²) in [6, 6.07) is 3.69. The fourth-order valence-corrected chi connectivity index (χ4v) is 3.44. The lowest BCUT2D eigenvalue weighted by Crippen LogP contribution is -2.32. The molecule has 0 aliphatic rings. The van der Waals surface area contributed by atoms with Gasteiger partial charge in [0.1, 0.15) is 12.4 Å². The fraction of sp³-hybridized carbons (Fsp3) is 0.417. The predicted molar refractivity (Wildman–Crippen MR) is 79.8 cm³/mol. The van der Waals surface area contributed by atoms with Crippen LogP contribution in [-0.2, 0) is 4.74 Å². The summed E-state index contributed by atoms with van der Waals surface area (Å²) in [6.07, 6.45) is 2.30. The molecule has 108 valence electrons. The van der Waals surface area contributed by atoms with Crippen LogP contribution in [0.1, 0.15) is 34.9 Å². The zero-order chi connectivity index (χ0) is 14.7. The van der Waals surface area contributed by atoms with Gasteiger partial charge in [-0.25, -0.2) is 14.5 Å². The molecule has 20 heavy (non-hydrogen) atoms. The van der Waals surface area contributed by atoms with Crippen LogP contribution >= 0.6 is 27.3 Å². The van der Waals surface area contributed by atoms with E-state index in [1.165, 1.54) is 13.4 Å². The molecule has 2 aromatic rings. The lowest BCUT2D eigenvalue weighted by molar-refractivity contribution is 0.0586. The number of carbonyl (C=O) groups excluding carboxylic acids is 1. The Hall–Kier alpha value is -1.25. The van der Waals surface area contributed by atoms with Crippen LogP contribution in [0, 0.1) is 0 Å². The van der Waals surface area contributed by atoms with E-state index in [4.69, 9.17) is 5.73 Å². The molecule has 2 rings (SSSR count). The number of nitrogens with zero attached hydrogens (tertiary/aromatic N) is 3. The lowest BCUT2D eigenvalue weighted by Gasteiger charge is -2.21. The van der Waals surface area contributed by atoms with E-state index < -0.39 is 5.97 Å². The van der Waals surface area contributed by atoms with Gasteiger partial charge in [0.2, 0.25) is 0 Å². The maximum atomic E-state index is 11.4. The lowest BCUT2D eigenvalue weighted by atomic mass is 10.1. The Bertz CT molecular complexity index is 598. The van der Waals surface area contributed by atoms with E-state index in [1.54, 1.807) is 16.0 Å². The summed E-state index contributed by atoms with van der Waals surface area (Å²) in [5.41, 5.74) is 6.19. The predicted octanol–water partition coefficient (Wildman–Crippen LogP) is 2.22. The molecule has 2 N–H and O–H groups in total. The highest BCUT2D eigenvalue weighted by atomic mass is 79.9. The van der Waals surface area contributed by atoms with E-state index in [0.717, 1.165) is 15.1 Å². The first kappa shape index (κ1) is 15.1. The van der Waals surface area contributed by atoms with Crippen LogP contribution in [0.5, 0.6) is 0 Å². The van der Waals surface area contributed by atoms with Crippen LogP contribution in [0.15, 0.2) is 22.2 Å². The van der Waals surface area contributed by atoms with Gasteiger partial charge in [0, 0.05) is 10.9 Å². The van der Waals surface area contributed by atoms with Crippen LogP contribution in [0.25, 0.3) is 0 Å². The zero-order valence-electron chi connectivity index (χ0n) is 11.1. The standard InChI is InChI=1S/C12H15BrN4O2S/c1-3-7(14)10(8-4-5-9(13)20-8)17-6-15-11(16-17)12(18)19-2/h4-7,10H,3,14H2,1-2H3. The molecule has 2 unspecified atom stereocenters. The Labute approximate surface area is 129 Å². The molecule has 0 saturated heterocycles. The van der Waals surface area contributed by atoms with Gasteiger partial charge in [0.15, 0.2) is 0 Å². The van der Waals surface area contributed by atoms with Crippen molar-refractivity contribution in [2.75, 3.05) is 7.11 Å². The zero-order valence-corrected chi connectivity index (χ0v) is 13.5. The van der Waals surface area contributed by atoms with Crippen molar-refractivity contribution in [2.24, 2.45) is 5.73 Å². The highest BCUT2D eigenvalue weighted by Gasteiger charge is 2.25. The van der Waals surface area contributed by atoms with Crippen LogP contribution in [0.3, 0.4) is 0 Å². The number of esters is 1. The minimum Gasteiger partial charge on any atom is -0.463 e. The Kier molecular flexibility index (Phi) is 4.90. The summed E-state index contributed by atoms with van der Waals surface area (Å²) in [5, 5.41) is 4.18. The highest BCUT2D eigenvalue weighted by molar-refractivity contribution is 9.11. The molecule has 0 saturated carbocycles. The number of methoxy groups -OCH3 is 1. The Balaban J connectivity index is 2.36. The van der Waals surface area contributed by atoms with Gasteiger partial charge in [-0.2, -0.15) is 0 Å². The van der Waals surface area contributed by atoms with Crippen molar-refractivity contribution in [1.82, 2.24) is 14.8 Å². The average Bonchev–Trinajstić information content (AvgIpc) is 3.08. The van der Waals surface area contributed by atoms with E-state index >= 15 is 0 Å². The molecule has 0 fully saturated rings. The normalized spacial score (nSPS) is 14.0. The molecule has 0 spiro atoms. The molecule has 0 aromatic carbocycles. The second-order valence-corrected chi connectivity index (χ2v) is 6.69. The third-order valence-corrected chi connectivity index (χ3v) is 4.62. The maximum absolute atomic E-state index is 11.4. The summed E-state index contributed by atoms with van der Waals surface area (Å²) >= 11 is 5.03. The number of halogens is 1. The minimum atomic E-state index is -0.556. The van der Waals surface area contributed by atoms with Crippen LogP contribution < -0.4 is 5.73 Å². The van der Waals surface area contributed by atoms with Crippen molar-refractivity contribution in [3.05, 3.63) is 32.9 Å². The topological polar surface area (TPSA) is 83.0 Å². The smallest absolute Gasteiger partial charge is 0.377 e. The van der Waals surface area contributed by atoms with Crippen LogP contribution in [-0.4, -0.2) is 33.9 Å². The van der Waals surface area contributed by atoms with Crippen molar-refractivity contribution < 1.29 is 9.53 Å². The Morgan fingerprint density at radius 3 is 2.90 bits per heavy atom. The molecule has 2 heterocycles. The van der Waals surface area contributed by atoms with Crippen molar-refractivity contribution in [2.45, 2.75) is 25.4 Å². The second kappa shape index (κ2) is 6.47. The Morgan fingerprint density at radius 1 is 1.60 bits per heavy atom. The summed E-state index contributed by atoms with van der Waals surface area (Å²) in [4.78, 5) is 16.5. The van der Waals surface area contributed by atoms with E-state index in [1.807, 2.05) is 19.1 Å². The second-order valence-electron chi connectivity index (χ2n) is 4.20. The first-order valence-electron chi connectivity index (χ1n) is 6.07. The molecule has 2 atom stereocenters. The molecule has 2 aromatic heterocycles. The van der Waals surface area contributed by atoms with Crippen molar-refractivity contribution in [3.63, 3.8) is 0 Å². The first-order valence-corrected chi connectivity index (χ1v) is 7.68. The molecule has 8 heteroatoms. The van der Waals surface area contributed by atoms with E-state index in [0.29, 0.717) is 0 Å². The van der Waals surface area contributed by atoms with Crippen molar-refractivity contribution in [1.29, 1.82) is 0 Å². The summed E-state index contributed by atoms with van der Waals surface area (Å²) in [7, 11) is 1.30. The molecule has 0 radical (unpaired) electrons.